The number of fused-ring (bicyclic) bond motifs is 1. The van der Waals surface area contributed by atoms with Gasteiger partial charge in [0.25, 0.3) is 5.91 Å². The minimum atomic E-state index is -0.0406. The topological polar surface area (TPSA) is 59.6 Å². The van der Waals surface area contributed by atoms with Crippen LogP contribution in [-0.4, -0.2) is 46.7 Å². The molecule has 0 aromatic carbocycles. The second-order valence-corrected chi connectivity index (χ2v) is 7.07. The van der Waals surface area contributed by atoms with Gasteiger partial charge in [-0.3, -0.25) is 9.69 Å². The predicted molar refractivity (Wildman–Crippen MR) is 93.3 cm³/mol. The quantitative estimate of drug-likeness (QED) is 0.923. The molecule has 0 aliphatic carbocycles. The van der Waals surface area contributed by atoms with E-state index in [9.17, 15) is 4.79 Å². The van der Waals surface area contributed by atoms with E-state index in [4.69, 9.17) is 9.15 Å². The van der Waals surface area contributed by atoms with Crippen LogP contribution in [0.15, 0.2) is 34.9 Å². The van der Waals surface area contributed by atoms with Crippen molar-refractivity contribution in [2.75, 3.05) is 13.2 Å². The monoisotopic (exact) mass is 343 g/mol. The fourth-order valence-corrected chi connectivity index (χ4v) is 4.07. The number of furan rings is 1. The Morgan fingerprint density at radius 3 is 2.96 bits per heavy atom. The van der Waals surface area contributed by atoms with Crippen LogP contribution < -0.4 is 5.32 Å². The summed E-state index contributed by atoms with van der Waals surface area (Å²) in [6, 6.07) is 8.09. The highest BCUT2D eigenvalue weighted by atomic mass is 16.5. The number of hydrogen-bond acceptors (Lipinski definition) is 4. The molecule has 0 radical (unpaired) electrons. The molecule has 2 aliphatic rings. The third-order valence-corrected chi connectivity index (χ3v) is 5.28. The summed E-state index contributed by atoms with van der Waals surface area (Å²) in [6.07, 6.45) is 4.09. The molecule has 134 valence electrons. The van der Waals surface area contributed by atoms with E-state index in [0.717, 1.165) is 44.1 Å². The minimum Gasteiger partial charge on any atom is -0.465 e. The first-order chi connectivity index (χ1) is 12.1. The summed E-state index contributed by atoms with van der Waals surface area (Å²) in [5, 5.41) is 3.19. The van der Waals surface area contributed by atoms with E-state index in [0.29, 0.717) is 11.7 Å². The molecule has 0 unspecified atom stereocenters. The molecule has 0 saturated carbocycles. The molecule has 0 bridgehead atoms. The molecule has 1 N–H and O–H groups in total. The van der Waals surface area contributed by atoms with Crippen LogP contribution in [0.5, 0.6) is 0 Å². The highest BCUT2D eigenvalue weighted by molar-refractivity contribution is 5.93. The summed E-state index contributed by atoms with van der Waals surface area (Å²) >= 11 is 0. The maximum Gasteiger partial charge on any atom is 0.268 e. The molecule has 6 heteroatoms. The van der Waals surface area contributed by atoms with Crippen molar-refractivity contribution in [2.45, 2.75) is 44.5 Å². The van der Waals surface area contributed by atoms with Gasteiger partial charge in [-0.25, -0.2) is 0 Å². The number of nitrogens with zero attached hydrogens (tertiary/aromatic N) is 2. The Kier molecular flexibility index (Phi) is 4.39. The van der Waals surface area contributed by atoms with Crippen LogP contribution in [-0.2, 0) is 18.3 Å². The number of nitrogens with one attached hydrogen (secondary N) is 1. The molecule has 2 aliphatic heterocycles. The third kappa shape index (κ3) is 3.24. The second kappa shape index (κ2) is 6.69. The molecule has 2 saturated heterocycles. The fourth-order valence-electron chi connectivity index (χ4n) is 4.07. The zero-order valence-electron chi connectivity index (χ0n) is 14.8. The predicted octanol–water partition coefficient (Wildman–Crippen LogP) is 2.09. The number of aryl methyl sites for hydroxylation is 2. The maximum absolute atomic E-state index is 12.6. The fraction of sp³-hybridized carbons (Fsp3) is 0.526. The summed E-state index contributed by atoms with van der Waals surface area (Å²) in [4.78, 5) is 15.0. The highest BCUT2D eigenvalue weighted by Gasteiger charge is 2.44. The lowest BCUT2D eigenvalue weighted by atomic mass is 10.0. The van der Waals surface area contributed by atoms with Gasteiger partial charge < -0.3 is 19.0 Å². The second-order valence-electron chi connectivity index (χ2n) is 7.07. The smallest absolute Gasteiger partial charge is 0.268 e. The average molecular weight is 343 g/mol. The van der Waals surface area contributed by atoms with Crippen molar-refractivity contribution in [3.63, 3.8) is 0 Å². The normalized spacial score (nSPS) is 26.6. The molecule has 0 spiro atoms. The molecular formula is C19H25N3O3. The third-order valence-electron chi connectivity index (χ3n) is 5.28. The van der Waals surface area contributed by atoms with Crippen LogP contribution >= 0.6 is 0 Å². The van der Waals surface area contributed by atoms with Gasteiger partial charge >= 0.3 is 0 Å². The van der Waals surface area contributed by atoms with Crippen LogP contribution in [0.3, 0.4) is 0 Å². The van der Waals surface area contributed by atoms with E-state index in [1.807, 2.05) is 49.0 Å². The standard InChI is InChI=1S/C19H25N3O3/c1-13-7-8-14(25-13)11-22-12-15(18-16(22)6-4-10-24-18)20-19(23)17-5-3-9-21(17)2/h3,5,7-9,15-16,18H,4,6,10-12H2,1-2H3,(H,20,23)/t15-,16+,18+/m1/s1. The van der Waals surface area contributed by atoms with Gasteiger partial charge in [-0.15, -0.1) is 0 Å². The summed E-state index contributed by atoms with van der Waals surface area (Å²) in [7, 11) is 1.88. The zero-order chi connectivity index (χ0) is 17.4. The van der Waals surface area contributed by atoms with E-state index in [2.05, 4.69) is 10.2 Å². The molecule has 3 atom stereocenters. The van der Waals surface area contributed by atoms with E-state index in [1.54, 1.807) is 0 Å². The maximum atomic E-state index is 12.6. The number of rotatable bonds is 4. The molecule has 2 fully saturated rings. The zero-order valence-corrected chi connectivity index (χ0v) is 14.8. The van der Waals surface area contributed by atoms with Gasteiger partial charge in [0.2, 0.25) is 0 Å². The summed E-state index contributed by atoms with van der Waals surface area (Å²) in [5.74, 6) is 1.86. The molecule has 4 heterocycles. The Morgan fingerprint density at radius 2 is 2.24 bits per heavy atom. The lowest BCUT2D eigenvalue weighted by Gasteiger charge is -2.32. The van der Waals surface area contributed by atoms with Crippen molar-refractivity contribution in [3.05, 3.63) is 47.7 Å². The Bertz CT molecular complexity index is 751. The van der Waals surface area contributed by atoms with Gasteiger partial charge in [0.15, 0.2) is 0 Å². The molecule has 4 rings (SSSR count). The number of amides is 1. The number of hydrogen-bond donors (Lipinski definition) is 1. The van der Waals surface area contributed by atoms with E-state index in [-0.39, 0.29) is 18.1 Å². The highest BCUT2D eigenvalue weighted by Crippen LogP contribution is 2.30. The molecule has 6 nitrogen and oxygen atoms in total. The molecule has 2 aromatic heterocycles. The van der Waals surface area contributed by atoms with Gasteiger partial charge in [0, 0.05) is 32.4 Å². The summed E-state index contributed by atoms with van der Waals surface area (Å²) in [6.45, 7) is 4.27. The Balaban J connectivity index is 1.48. The average Bonchev–Trinajstić information content (AvgIpc) is 3.29. The summed E-state index contributed by atoms with van der Waals surface area (Å²) < 4.78 is 13.6. The van der Waals surface area contributed by atoms with Crippen molar-refractivity contribution in [2.24, 2.45) is 7.05 Å². The lowest BCUT2D eigenvalue weighted by Crippen LogP contribution is -2.47. The first kappa shape index (κ1) is 16.4. The number of carbonyl (C=O) groups is 1. The Hall–Kier alpha value is -2.05. The number of aromatic nitrogens is 1. The number of likely N-dealkylation sites (tertiary alicyclic amines) is 1. The van der Waals surface area contributed by atoms with Crippen LogP contribution in [0.25, 0.3) is 0 Å². The van der Waals surface area contributed by atoms with E-state index in [1.165, 1.54) is 0 Å². The van der Waals surface area contributed by atoms with Crippen molar-refractivity contribution in [3.8, 4) is 0 Å². The number of ether oxygens (including phenoxy) is 1. The van der Waals surface area contributed by atoms with Crippen molar-refractivity contribution >= 4 is 5.91 Å². The molecule has 25 heavy (non-hydrogen) atoms. The molecular weight excluding hydrogens is 318 g/mol. The van der Waals surface area contributed by atoms with E-state index >= 15 is 0 Å². The first-order valence-corrected chi connectivity index (χ1v) is 8.95. The Labute approximate surface area is 147 Å². The van der Waals surface area contributed by atoms with Gasteiger partial charge in [-0.1, -0.05) is 0 Å². The van der Waals surface area contributed by atoms with Crippen molar-refractivity contribution in [1.29, 1.82) is 0 Å². The summed E-state index contributed by atoms with van der Waals surface area (Å²) in [5.41, 5.74) is 0.674. The van der Waals surface area contributed by atoms with Crippen LogP contribution in [0.4, 0.5) is 0 Å². The number of carbonyl (C=O) groups excluding carboxylic acids is 1. The lowest BCUT2D eigenvalue weighted by molar-refractivity contribution is -0.0219. The minimum absolute atomic E-state index is 0.00348. The van der Waals surface area contributed by atoms with Gasteiger partial charge in [0.1, 0.15) is 17.2 Å². The SMILES string of the molecule is Cc1ccc(CN2C[C@@H](NC(=O)c3cccn3C)[C@@H]3OCCC[C@@H]32)o1. The first-order valence-electron chi connectivity index (χ1n) is 8.95. The van der Waals surface area contributed by atoms with Crippen LogP contribution in [0, 0.1) is 6.92 Å². The van der Waals surface area contributed by atoms with Gasteiger partial charge in [0.05, 0.1) is 18.7 Å². The van der Waals surface area contributed by atoms with Gasteiger partial charge in [-0.2, -0.15) is 0 Å². The van der Waals surface area contributed by atoms with Crippen molar-refractivity contribution in [1.82, 2.24) is 14.8 Å². The molecule has 1 amide bonds. The van der Waals surface area contributed by atoms with Crippen LogP contribution in [0.2, 0.25) is 0 Å². The largest absolute Gasteiger partial charge is 0.465 e. The van der Waals surface area contributed by atoms with E-state index < -0.39 is 0 Å². The Morgan fingerprint density at radius 1 is 1.36 bits per heavy atom. The molecule has 2 aromatic rings. The van der Waals surface area contributed by atoms with Crippen LogP contribution in [0.1, 0.15) is 34.9 Å². The van der Waals surface area contributed by atoms with Crippen molar-refractivity contribution < 1.29 is 13.9 Å². The van der Waals surface area contributed by atoms with Gasteiger partial charge in [-0.05, 0) is 44.0 Å².